The van der Waals surface area contributed by atoms with Crippen molar-refractivity contribution in [2.45, 2.75) is 13.3 Å². The largest absolute Gasteiger partial charge is 0.508 e. The number of benzene rings is 1. The van der Waals surface area contributed by atoms with Crippen LogP contribution in [0.2, 0.25) is 0 Å². The number of nitrogens with zero attached hydrogens (tertiary/aromatic N) is 1. The highest BCUT2D eigenvalue weighted by molar-refractivity contribution is 5.98. The van der Waals surface area contributed by atoms with Gasteiger partial charge in [-0.25, -0.2) is 4.79 Å². The first-order chi connectivity index (χ1) is 9.01. The van der Waals surface area contributed by atoms with E-state index in [1.54, 1.807) is 6.92 Å². The van der Waals surface area contributed by atoms with Crippen LogP contribution in [-0.2, 0) is 14.3 Å². The predicted octanol–water partition coefficient (Wildman–Crippen LogP) is 1.32. The molecule has 1 aromatic rings. The Labute approximate surface area is 110 Å². The Morgan fingerprint density at radius 1 is 1.21 bits per heavy atom. The standard InChI is InChI=1S/C13H15NO5/c1-9(7-12(16)18-2)14-8-13(17)19-11-5-3-10(15)4-6-11/h3-6,15H,7-8H2,1-2H3. The number of ether oxygens (including phenoxy) is 2. The quantitative estimate of drug-likeness (QED) is 0.493. The summed E-state index contributed by atoms with van der Waals surface area (Å²) in [6, 6.07) is 5.76. The second-order valence-corrected chi connectivity index (χ2v) is 3.77. The minimum atomic E-state index is -0.546. The molecule has 0 spiro atoms. The van der Waals surface area contributed by atoms with Crippen LogP contribution in [0.1, 0.15) is 13.3 Å². The molecule has 0 aliphatic rings. The van der Waals surface area contributed by atoms with E-state index in [0.717, 1.165) is 0 Å². The van der Waals surface area contributed by atoms with Gasteiger partial charge >= 0.3 is 11.9 Å². The topological polar surface area (TPSA) is 85.2 Å². The van der Waals surface area contributed by atoms with Crippen LogP contribution < -0.4 is 4.74 Å². The summed E-state index contributed by atoms with van der Waals surface area (Å²) in [4.78, 5) is 26.3. The molecule has 1 N–H and O–H groups in total. The normalized spacial score (nSPS) is 10.9. The second kappa shape index (κ2) is 7.15. The van der Waals surface area contributed by atoms with Gasteiger partial charge < -0.3 is 14.6 Å². The molecule has 0 unspecified atom stereocenters. The molecule has 102 valence electrons. The van der Waals surface area contributed by atoms with E-state index < -0.39 is 11.9 Å². The van der Waals surface area contributed by atoms with Crippen LogP contribution in [0.3, 0.4) is 0 Å². The number of hydrogen-bond acceptors (Lipinski definition) is 6. The zero-order chi connectivity index (χ0) is 14.3. The third-order valence-electron chi connectivity index (χ3n) is 2.17. The first-order valence-corrected chi connectivity index (χ1v) is 5.57. The molecule has 0 saturated heterocycles. The van der Waals surface area contributed by atoms with E-state index in [4.69, 9.17) is 9.84 Å². The lowest BCUT2D eigenvalue weighted by Crippen LogP contribution is -2.14. The number of aromatic hydroxyl groups is 1. The molecule has 0 radical (unpaired) electrons. The molecule has 0 aromatic heterocycles. The molecule has 1 rings (SSSR count). The number of esters is 2. The number of carbonyl (C=O) groups excluding carboxylic acids is 2. The summed E-state index contributed by atoms with van der Waals surface area (Å²) in [5.41, 5.74) is 0.495. The van der Waals surface area contributed by atoms with Crippen molar-refractivity contribution in [2.75, 3.05) is 13.7 Å². The maximum atomic E-state index is 11.4. The summed E-state index contributed by atoms with van der Waals surface area (Å²) in [6.07, 6.45) is 0.0446. The monoisotopic (exact) mass is 265 g/mol. The average molecular weight is 265 g/mol. The van der Waals surface area contributed by atoms with Crippen LogP contribution in [0.25, 0.3) is 0 Å². The highest BCUT2D eigenvalue weighted by Gasteiger charge is 2.06. The summed E-state index contributed by atoms with van der Waals surface area (Å²) >= 11 is 0. The number of methoxy groups -OCH3 is 1. The van der Waals surface area contributed by atoms with Crippen molar-refractivity contribution in [1.82, 2.24) is 0 Å². The summed E-state index contributed by atoms with van der Waals surface area (Å²) in [7, 11) is 1.29. The molecular formula is C13H15NO5. The van der Waals surface area contributed by atoms with Gasteiger partial charge in [0.15, 0.2) is 0 Å². The molecule has 0 atom stereocenters. The smallest absolute Gasteiger partial charge is 0.333 e. The third kappa shape index (κ3) is 5.67. The number of phenols is 1. The van der Waals surface area contributed by atoms with Gasteiger partial charge in [-0.05, 0) is 31.2 Å². The number of rotatable bonds is 5. The van der Waals surface area contributed by atoms with E-state index >= 15 is 0 Å². The van der Waals surface area contributed by atoms with Crippen LogP contribution in [0.15, 0.2) is 29.3 Å². The maximum Gasteiger partial charge on any atom is 0.333 e. The van der Waals surface area contributed by atoms with Crippen LogP contribution >= 0.6 is 0 Å². The lowest BCUT2D eigenvalue weighted by atomic mass is 10.3. The van der Waals surface area contributed by atoms with Crippen molar-refractivity contribution in [2.24, 2.45) is 4.99 Å². The van der Waals surface area contributed by atoms with Gasteiger partial charge in [-0.15, -0.1) is 0 Å². The minimum absolute atomic E-state index is 0.0446. The van der Waals surface area contributed by atoms with E-state index in [1.165, 1.54) is 31.4 Å². The van der Waals surface area contributed by atoms with Gasteiger partial charge in [0.05, 0.1) is 13.5 Å². The number of phenolic OH excluding ortho intramolecular Hbond substituents is 1. The lowest BCUT2D eigenvalue weighted by molar-refractivity contribution is -0.139. The van der Waals surface area contributed by atoms with Gasteiger partial charge in [-0.1, -0.05) is 0 Å². The zero-order valence-electron chi connectivity index (χ0n) is 10.8. The van der Waals surface area contributed by atoms with Gasteiger partial charge in [-0.2, -0.15) is 0 Å². The molecular weight excluding hydrogens is 250 g/mol. The zero-order valence-corrected chi connectivity index (χ0v) is 10.8. The SMILES string of the molecule is COC(=O)CC(C)=NCC(=O)Oc1ccc(O)cc1. The first kappa shape index (κ1) is 14.7. The Bertz CT molecular complexity index is 478. The van der Waals surface area contributed by atoms with Crippen LogP contribution in [-0.4, -0.2) is 36.4 Å². The summed E-state index contributed by atoms with van der Waals surface area (Å²) < 4.78 is 9.45. The molecule has 0 aliphatic carbocycles. The van der Waals surface area contributed by atoms with Gasteiger partial charge in [-0.3, -0.25) is 9.79 Å². The fourth-order valence-electron chi connectivity index (χ4n) is 1.21. The van der Waals surface area contributed by atoms with E-state index in [-0.39, 0.29) is 18.7 Å². The number of hydrogen-bond donors (Lipinski definition) is 1. The maximum absolute atomic E-state index is 11.4. The lowest BCUT2D eigenvalue weighted by Gasteiger charge is -2.03. The van der Waals surface area contributed by atoms with Gasteiger partial charge in [0.1, 0.15) is 18.0 Å². The van der Waals surface area contributed by atoms with Gasteiger partial charge in [0, 0.05) is 5.71 Å². The Morgan fingerprint density at radius 3 is 2.42 bits per heavy atom. The summed E-state index contributed by atoms with van der Waals surface area (Å²) in [5.74, 6) is -0.543. The average Bonchev–Trinajstić information content (AvgIpc) is 2.39. The highest BCUT2D eigenvalue weighted by Crippen LogP contribution is 2.15. The first-order valence-electron chi connectivity index (χ1n) is 5.57. The molecule has 0 fully saturated rings. The summed E-state index contributed by atoms with van der Waals surface area (Å²) in [6.45, 7) is 1.45. The third-order valence-corrected chi connectivity index (χ3v) is 2.17. The van der Waals surface area contributed by atoms with Crippen molar-refractivity contribution in [3.05, 3.63) is 24.3 Å². The Kier molecular flexibility index (Phi) is 5.53. The fraction of sp³-hybridized carbons (Fsp3) is 0.308. The van der Waals surface area contributed by atoms with Crippen molar-refractivity contribution in [3.8, 4) is 11.5 Å². The van der Waals surface area contributed by atoms with E-state index in [2.05, 4.69) is 9.73 Å². The second-order valence-electron chi connectivity index (χ2n) is 3.77. The molecule has 19 heavy (non-hydrogen) atoms. The minimum Gasteiger partial charge on any atom is -0.508 e. The molecule has 6 heteroatoms. The Balaban J connectivity index is 2.45. The van der Waals surface area contributed by atoms with Gasteiger partial charge in [0.25, 0.3) is 0 Å². The van der Waals surface area contributed by atoms with Crippen LogP contribution in [0.5, 0.6) is 11.5 Å². The van der Waals surface area contributed by atoms with Gasteiger partial charge in [0.2, 0.25) is 0 Å². The summed E-state index contributed by atoms with van der Waals surface area (Å²) in [5, 5.41) is 9.07. The van der Waals surface area contributed by atoms with E-state index in [1.807, 2.05) is 0 Å². The van der Waals surface area contributed by atoms with E-state index in [0.29, 0.717) is 11.5 Å². The Hall–Kier alpha value is -2.37. The van der Waals surface area contributed by atoms with Crippen LogP contribution in [0, 0.1) is 0 Å². The number of carbonyl (C=O) groups is 2. The molecule has 0 aliphatic heterocycles. The van der Waals surface area contributed by atoms with Crippen molar-refractivity contribution < 1.29 is 24.2 Å². The van der Waals surface area contributed by atoms with Crippen molar-refractivity contribution in [1.29, 1.82) is 0 Å². The molecule has 6 nitrogen and oxygen atoms in total. The Morgan fingerprint density at radius 2 is 1.84 bits per heavy atom. The van der Waals surface area contributed by atoms with Crippen LogP contribution in [0.4, 0.5) is 0 Å². The molecule has 0 amide bonds. The number of aliphatic imine (C=N–C) groups is 1. The molecule has 1 aromatic carbocycles. The molecule has 0 saturated carbocycles. The molecule has 0 heterocycles. The van der Waals surface area contributed by atoms with Crippen molar-refractivity contribution in [3.63, 3.8) is 0 Å². The highest BCUT2D eigenvalue weighted by atomic mass is 16.5. The van der Waals surface area contributed by atoms with Crippen molar-refractivity contribution >= 4 is 17.7 Å². The van der Waals surface area contributed by atoms with E-state index in [9.17, 15) is 9.59 Å². The molecule has 0 bridgehead atoms. The predicted molar refractivity (Wildman–Crippen MR) is 68.4 cm³/mol. The fourth-order valence-corrected chi connectivity index (χ4v) is 1.21.